The van der Waals surface area contributed by atoms with Gasteiger partial charge in [0.2, 0.25) is 24.0 Å². The molecule has 0 saturated carbocycles. The molecule has 1 amide bonds. The SMILES string of the molecule is COC(=O)CO/N=C(\[C]=O)c1nsc(NC=O)n1. The van der Waals surface area contributed by atoms with Crippen LogP contribution in [0.15, 0.2) is 5.16 Å². The minimum atomic E-state index is -0.654. The number of amides is 1. The van der Waals surface area contributed by atoms with Crippen LogP contribution in [0.1, 0.15) is 5.82 Å². The standard InChI is InChI=1S/C8H7N4O5S/c1-16-6(15)3-17-11-5(2-13)7-10-8(9-4-14)18-12-7/h4H,3H2,1H3,(H,9,10,12,14)/b11-5+. The number of methoxy groups -OCH3 is 1. The van der Waals surface area contributed by atoms with Crippen LogP contribution in [0, 0.1) is 0 Å². The number of esters is 1. The molecule has 10 heteroatoms. The van der Waals surface area contributed by atoms with E-state index in [9.17, 15) is 14.4 Å². The van der Waals surface area contributed by atoms with Crippen molar-refractivity contribution in [3.63, 3.8) is 0 Å². The van der Waals surface area contributed by atoms with Gasteiger partial charge >= 0.3 is 5.97 Å². The zero-order valence-electron chi connectivity index (χ0n) is 9.08. The number of rotatable bonds is 7. The van der Waals surface area contributed by atoms with Crippen molar-refractivity contribution in [1.82, 2.24) is 9.36 Å². The molecule has 95 valence electrons. The highest BCUT2D eigenvalue weighted by Gasteiger charge is 2.12. The molecule has 9 nitrogen and oxygen atoms in total. The van der Waals surface area contributed by atoms with Crippen LogP contribution < -0.4 is 5.32 Å². The van der Waals surface area contributed by atoms with Crippen molar-refractivity contribution >= 4 is 41.0 Å². The van der Waals surface area contributed by atoms with Gasteiger partial charge in [-0.15, -0.1) is 0 Å². The van der Waals surface area contributed by atoms with Gasteiger partial charge in [-0.1, -0.05) is 5.16 Å². The third-order valence-corrected chi connectivity index (χ3v) is 2.13. The average Bonchev–Trinajstić information content (AvgIpc) is 2.83. The van der Waals surface area contributed by atoms with Crippen LogP contribution in [-0.2, 0) is 24.0 Å². The second-order valence-corrected chi connectivity index (χ2v) is 3.33. The van der Waals surface area contributed by atoms with Crippen LogP contribution in [0.4, 0.5) is 5.13 Å². The Morgan fingerprint density at radius 1 is 1.67 bits per heavy atom. The molecule has 1 heterocycles. The van der Waals surface area contributed by atoms with Gasteiger partial charge in [-0.25, -0.2) is 4.79 Å². The van der Waals surface area contributed by atoms with Crippen LogP contribution in [0.2, 0.25) is 0 Å². The van der Waals surface area contributed by atoms with Gasteiger partial charge in [0.1, 0.15) is 0 Å². The van der Waals surface area contributed by atoms with Crippen molar-refractivity contribution in [2.24, 2.45) is 5.16 Å². The second-order valence-electron chi connectivity index (χ2n) is 2.58. The Labute approximate surface area is 105 Å². The van der Waals surface area contributed by atoms with E-state index in [-0.39, 0.29) is 16.7 Å². The first-order valence-electron chi connectivity index (χ1n) is 4.40. The smallest absolute Gasteiger partial charge is 0.346 e. The highest BCUT2D eigenvalue weighted by atomic mass is 32.1. The largest absolute Gasteiger partial charge is 0.466 e. The Bertz CT molecular complexity index is 472. The molecule has 0 spiro atoms. The molecule has 1 radical (unpaired) electrons. The van der Waals surface area contributed by atoms with Crippen molar-refractivity contribution in [2.45, 2.75) is 0 Å². The Kier molecular flexibility index (Phi) is 5.38. The highest BCUT2D eigenvalue weighted by Crippen LogP contribution is 2.10. The third-order valence-electron chi connectivity index (χ3n) is 1.48. The van der Waals surface area contributed by atoms with E-state index in [0.717, 1.165) is 11.5 Å². The first-order valence-corrected chi connectivity index (χ1v) is 5.17. The maximum atomic E-state index is 10.7. The van der Waals surface area contributed by atoms with Gasteiger partial charge in [0.05, 0.1) is 7.11 Å². The molecule has 0 unspecified atom stereocenters. The van der Waals surface area contributed by atoms with E-state index in [2.05, 4.69) is 29.4 Å². The van der Waals surface area contributed by atoms with E-state index in [1.807, 2.05) is 0 Å². The van der Waals surface area contributed by atoms with Gasteiger partial charge in [-0.05, 0) is 0 Å². The normalized spacial score (nSPS) is 10.6. The summed E-state index contributed by atoms with van der Waals surface area (Å²) in [4.78, 5) is 39.8. The van der Waals surface area contributed by atoms with Gasteiger partial charge in [0.15, 0.2) is 5.71 Å². The number of carbonyl (C=O) groups is 2. The molecule has 18 heavy (non-hydrogen) atoms. The minimum Gasteiger partial charge on any atom is -0.466 e. The molecule has 0 fully saturated rings. The maximum Gasteiger partial charge on any atom is 0.346 e. The number of aromatic nitrogens is 2. The number of nitrogens with zero attached hydrogens (tertiary/aromatic N) is 3. The number of carbonyl (C=O) groups excluding carboxylic acids is 3. The van der Waals surface area contributed by atoms with Gasteiger partial charge in [0.25, 0.3) is 6.29 Å². The van der Waals surface area contributed by atoms with Crippen LogP contribution in [-0.4, -0.2) is 47.5 Å². The Hall–Kier alpha value is -2.36. The summed E-state index contributed by atoms with van der Waals surface area (Å²) in [6.45, 7) is -0.453. The average molecular weight is 271 g/mol. The molecule has 1 aromatic rings. The van der Waals surface area contributed by atoms with E-state index >= 15 is 0 Å². The molecule has 0 bridgehead atoms. The van der Waals surface area contributed by atoms with Crippen LogP contribution in [0.5, 0.6) is 0 Å². The molecule has 0 aromatic carbocycles. The topological polar surface area (TPSA) is 120 Å². The monoisotopic (exact) mass is 271 g/mol. The lowest BCUT2D eigenvalue weighted by atomic mass is 10.4. The maximum absolute atomic E-state index is 10.7. The summed E-state index contributed by atoms with van der Waals surface area (Å²) in [5.41, 5.74) is -0.325. The number of nitrogens with one attached hydrogen (secondary N) is 1. The zero-order chi connectivity index (χ0) is 13.4. The number of hydrogen-bond donors (Lipinski definition) is 1. The highest BCUT2D eigenvalue weighted by molar-refractivity contribution is 7.10. The summed E-state index contributed by atoms with van der Waals surface area (Å²) >= 11 is 0.852. The Morgan fingerprint density at radius 3 is 3.06 bits per heavy atom. The van der Waals surface area contributed by atoms with Gasteiger partial charge in [0, 0.05) is 11.5 Å². The summed E-state index contributed by atoms with van der Waals surface area (Å²) in [6, 6.07) is 0. The predicted molar refractivity (Wildman–Crippen MR) is 59.8 cm³/mol. The summed E-state index contributed by atoms with van der Waals surface area (Å²) < 4.78 is 8.04. The van der Waals surface area contributed by atoms with Crippen LogP contribution in [0.3, 0.4) is 0 Å². The van der Waals surface area contributed by atoms with Crippen molar-refractivity contribution in [2.75, 3.05) is 19.0 Å². The van der Waals surface area contributed by atoms with E-state index in [0.29, 0.717) is 6.41 Å². The molecule has 0 saturated heterocycles. The summed E-state index contributed by atoms with van der Waals surface area (Å²) in [5.74, 6) is -0.720. The lowest BCUT2D eigenvalue weighted by molar-refractivity contribution is -0.145. The van der Waals surface area contributed by atoms with Crippen LogP contribution in [0.25, 0.3) is 0 Å². The molecule has 1 N–H and O–H groups in total. The number of oxime groups is 1. The molecule has 1 aromatic heterocycles. The molecular weight excluding hydrogens is 264 g/mol. The van der Waals surface area contributed by atoms with Crippen molar-refractivity contribution in [1.29, 1.82) is 0 Å². The number of hydrogen-bond acceptors (Lipinski definition) is 9. The molecule has 1 rings (SSSR count). The zero-order valence-corrected chi connectivity index (χ0v) is 9.89. The van der Waals surface area contributed by atoms with E-state index < -0.39 is 12.6 Å². The fourth-order valence-corrected chi connectivity index (χ4v) is 1.27. The molecule has 0 aliphatic carbocycles. The fraction of sp³-hybridized carbons (Fsp3) is 0.250. The summed E-state index contributed by atoms with van der Waals surface area (Å²) in [6.07, 6.45) is 1.87. The van der Waals surface area contributed by atoms with Crippen molar-refractivity contribution in [3.8, 4) is 0 Å². The first-order chi connectivity index (χ1) is 8.71. The predicted octanol–water partition coefficient (Wildman–Crippen LogP) is -0.890. The Balaban J connectivity index is 2.69. The number of ether oxygens (including phenoxy) is 1. The van der Waals surface area contributed by atoms with Gasteiger partial charge in [-0.2, -0.15) is 9.36 Å². The van der Waals surface area contributed by atoms with Gasteiger partial charge < -0.3 is 14.9 Å². The fourth-order valence-electron chi connectivity index (χ4n) is 0.742. The van der Waals surface area contributed by atoms with E-state index in [1.54, 1.807) is 0 Å². The Morgan fingerprint density at radius 2 is 2.44 bits per heavy atom. The molecular formula is C8H7N4O5S. The molecule has 0 aliphatic rings. The van der Waals surface area contributed by atoms with Gasteiger partial charge in [-0.3, -0.25) is 9.59 Å². The summed E-state index contributed by atoms with van der Waals surface area (Å²) in [5, 5.41) is 5.78. The van der Waals surface area contributed by atoms with E-state index in [4.69, 9.17) is 0 Å². The lowest BCUT2D eigenvalue weighted by Gasteiger charge is -1.97. The molecule has 0 aliphatic heterocycles. The van der Waals surface area contributed by atoms with Crippen LogP contribution >= 0.6 is 11.5 Å². The molecule has 0 atom stereocenters. The summed E-state index contributed by atoms with van der Waals surface area (Å²) in [7, 11) is 1.18. The number of anilines is 1. The van der Waals surface area contributed by atoms with Crippen molar-refractivity contribution < 1.29 is 24.0 Å². The lowest BCUT2D eigenvalue weighted by Crippen LogP contribution is -2.11. The van der Waals surface area contributed by atoms with E-state index in [1.165, 1.54) is 13.4 Å². The third kappa shape index (κ3) is 3.90. The van der Waals surface area contributed by atoms with Crippen molar-refractivity contribution in [3.05, 3.63) is 5.82 Å². The second kappa shape index (κ2) is 7.06. The minimum absolute atomic E-state index is 0.0655. The quantitative estimate of drug-likeness (QED) is 0.295. The first kappa shape index (κ1) is 13.7.